The third-order valence-corrected chi connectivity index (χ3v) is 2.61. The summed E-state index contributed by atoms with van der Waals surface area (Å²) < 4.78 is 0.0442. The molecule has 0 atom stereocenters. The largest absolute Gasteiger partial charge is 0.294 e. The summed E-state index contributed by atoms with van der Waals surface area (Å²) in [7, 11) is 0. The minimum Gasteiger partial charge on any atom is -0.294 e. The Morgan fingerprint density at radius 3 is 2.60 bits per heavy atom. The van der Waals surface area contributed by atoms with Crippen LogP contribution in [0.15, 0.2) is 16.6 Å². The Kier molecular flexibility index (Phi) is 3.17. The number of Topliss-reactive ketones (excluding diaryl/α,β-unsaturated/α-hetero) is 1. The van der Waals surface area contributed by atoms with Crippen molar-refractivity contribution in [1.82, 2.24) is 0 Å². The predicted octanol–water partition coefficient (Wildman–Crippen LogP) is 2.43. The number of nitro groups is 1. The molecule has 0 aliphatic rings. The van der Waals surface area contributed by atoms with Crippen LogP contribution in [0, 0.1) is 21.4 Å². The molecular formula is C9H5BrN2O3. The van der Waals surface area contributed by atoms with Crippen molar-refractivity contribution in [2.24, 2.45) is 0 Å². The maximum Gasteiger partial charge on any atom is 0.284 e. The zero-order valence-corrected chi connectivity index (χ0v) is 9.24. The topological polar surface area (TPSA) is 84.0 Å². The van der Waals surface area contributed by atoms with E-state index in [9.17, 15) is 14.9 Å². The highest BCUT2D eigenvalue weighted by Crippen LogP contribution is 2.30. The van der Waals surface area contributed by atoms with Crippen molar-refractivity contribution in [2.75, 3.05) is 0 Å². The van der Waals surface area contributed by atoms with Crippen LogP contribution in [-0.4, -0.2) is 10.7 Å². The van der Waals surface area contributed by atoms with Crippen LogP contribution in [0.3, 0.4) is 0 Å². The summed E-state index contributed by atoms with van der Waals surface area (Å²) in [6.07, 6.45) is 0. The van der Waals surface area contributed by atoms with Gasteiger partial charge in [0.25, 0.3) is 5.69 Å². The van der Waals surface area contributed by atoms with Crippen LogP contribution >= 0.6 is 15.9 Å². The van der Waals surface area contributed by atoms with Gasteiger partial charge in [-0.2, -0.15) is 5.26 Å². The summed E-state index contributed by atoms with van der Waals surface area (Å²) in [4.78, 5) is 21.1. The lowest BCUT2D eigenvalue weighted by Crippen LogP contribution is -2.00. The van der Waals surface area contributed by atoms with Gasteiger partial charge in [0.2, 0.25) is 0 Å². The molecule has 0 bridgehead atoms. The molecule has 0 aliphatic heterocycles. The number of nitriles is 1. The molecule has 76 valence electrons. The van der Waals surface area contributed by atoms with Gasteiger partial charge >= 0.3 is 0 Å². The van der Waals surface area contributed by atoms with Crippen LogP contribution in [0.5, 0.6) is 0 Å². The summed E-state index contributed by atoms with van der Waals surface area (Å²) in [5.74, 6) is -0.304. The van der Waals surface area contributed by atoms with Gasteiger partial charge in [-0.3, -0.25) is 14.9 Å². The molecule has 0 unspecified atom stereocenters. The van der Waals surface area contributed by atoms with Crippen molar-refractivity contribution in [1.29, 1.82) is 5.26 Å². The van der Waals surface area contributed by atoms with E-state index in [0.717, 1.165) is 0 Å². The summed E-state index contributed by atoms with van der Waals surface area (Å²) in [5.41, 5.74) is -0.0526. The third kappa shape index (κ3) is 2.02. The lowest BCUT2D eigenvalue weighted by atomic mass is 10.0. The maximum absolute atomic E-state index is 11.1. The fourth-order valence-corrected chi connectivity index (χ4v) is 1.69. The number of benzene rings is 1. The summed E-state index contributed by atoms with van der Waals surface area (Å²) in [6, 6.07) is 4.25. The van der Waals surface area contributed by atoms with Crippen molar-refractivity contribution in [3.63, 3.8) is 0 Å². The number of rotatable bonds is 2. The highest BCUT2D eigenvalue weighted by atomic mass is 79.9. The zero-order valence-electron chi connectivity index (χ0n) is 7.65. The van der Waals surface area contributed by atoms with Gasteiger partial charge in [0, 0.05) is 11.6 Å². The molecule has 5 nitrogen and oxygen atoms in total. The maximum atomic E-state index is 11.1. The van der Waals surface area contributed by atoms with Crippen LogP contribution in [-0.2, 0) is 0 Å². The first-order valence-corrected chi connectivity index (χ1v) is 4.66. The van der Waals surface area contributed by atoms with Crippen molar-refractivity contribution < 1.29 is 9.72 Å². The zero-order chi connectivity index (χ0) is 11.6. The second-order valence-corrected chi connectivity index (χ2v) is 3.54. The summed E-state index contributed by atoms with van der Waals surface area (Å²) in [5, 5.41) is 19.4. The molecule has 0 aliphatic carbocycles. The van der Waals surface area contributed by atoms with Gasteiger partial charge < -0.3 is 0 Å². The van der Waals surface area contributed by atoms with Gasteiger partial charge in [-0.05, 0) is 28.9 Å². The molecule has 0 N–H and O–H groups in total. The van der Waals surface area contributed by atoms with Gasteiger partial charge in [0.05, 0.1) is 10.5 Å². The van der Waals surface area contributed by atoms with E-state index in [1.54, 1.807) is 6.07 Å². The van der Waals surface area contributed by atoms with Crippen LogP contribution in [0.1, 0.15) is 22.8 Å². The van der Waals surface area contributed by atoms with Crippen molar-refractivity contribution >= 4 is 27.4 Å². The van der Waals surface area contributed by atoms with E-state index in [1.165, 1.54) is 19.1 Å². The molecule has 6 heteroatoms. The number of nitrogens with zero attached hydrogens (tertiary/aromatic N) is 2. The number of nitro benzene ring substituents is 1. The van der Waals surface area contributed by atoms with Crippen LogP contribution in [0.25, 0.3) is 0 Å². The number of ketones is 1. The van der Waals surface area contributed by atoms with Crippen molar-refractivity contribution in [3.05, 3.63) is 37.8 Å². The smallest absolute Gasteiger partial charge is 0.284 e. The second kappa shape index (κ2) is 4.19. The summed E-state index contributed by atoms with van der Waals surface area (Å²) >= 11 is 2.94. The van der Waals surface area contributed by atoms with E-state index >= 15 is 0 Å². The Bertz CT molecular complexity index is 491. The molecule has 0 aromatic heterocycles. The monoisotopic (exact) mass is 268 g/mol. The quantitative estimate of drug-likeness (QED) is 0.469. The Hall–Kier alpha value is -1.74. The molecule has 1 aromatic carbocycles. The minimum absolute atomic E-state index is 0.00306. The number of carbonyl (C=O) groups is 1. The standard InChI is InChI=1S/C9H5BrN2O3/c1-5(13)6-2-3-8(12(14)15)9(10)7(6)4-11/h2-3H,1H3. The molecule has 0 heterocycles. The van der Waals surface area contributed by atoms with Gasteiger partial charge in [0.15, 0.2) is 5.78 Å². The number of hydrogen-bond acceptors (Lipinski definition) is 4. The molecule has 1 aromatic rings. The highest BCUT2D eigenvalue weighted by Gasteiger charge is 2.20. The minimum atomic E-state index is -0.616. The van der Waals surface area contributed by atoms with E-state index in [1.807, 2.05) is 0 Å². The van der Waals surface area contributed by atoms with E-state index < -0.39 is 4.92 Å². The normalized spacial score (nSPS) is 9.40. The third-order valence-electron chi connectivity index (χ3n) is 1.81. The average Bonchev–Trinajstić information content (AvgIpc) is 2.16. The van der Waals surface area contributed by atoms with Gasteiger partial charge in [-0.1, -0.05) is 0 Å². The van der Waals surface area contributed by atoms with E-state index in [2.05, 4.69) is 15.9 Å². The van der Waals surface area contributed by atoms with E-state index in [-0.39, 0.29) is 27.1 Å². The number of halogens is 1. The van der Waals surface area contributed by atoms with E-state index in [0.29, 0.717) is 0 Å². The lowest BCUT2D eigenvalue weighted by Gasteiger charge is -2.02. The molecule has 15 heavy (non-hydrogen) atoms. The Morgan fingerprint density at radius 1 is 1.60 bits per heavy atom. The van der Waals surface area contributed by atoms with Crippen molar-refractivity contribution in [2.45, 2.75) is 6.92 Å². The molecule has 0 saturated heterocycles. The molecule has 1 rings (SSSR count). The molecule has 0 spiro atoms. The SMILES string of the molecule is CC(=O)c1ccc([N+](=O)[O-])c(Br)c1C#N. The van der Waals surface area contributed by atoms with Crippen LogP contribution in [0.2, 0.25) is 0 Å². The van der Waals surface area contributed by atoms with Crippen LogP contribution in [0.4, 0.5) is 5.69 Å². The predicted molar refractivity (Wildman–Crippen MR) is 55.5 cm³/mol. The fraction of sp³-hybridized carbons (Fsp3) is 0.111. The molecular weight excluding hydrogens is 264 g/mol. The molecule has 0 radical (unpaired) electrons. The van der Waals surface area contributed by atoms with Crippen LogP contribution < -0.4 is 0 Å². The highest BCUT2D eigenvalue weighted by molar-refractivity contribution is 9.10. The first-order chi connectivity index (χ1) is 6.99. The lowest BCUT2D eigenvalue weighted by molar-refractivity contribution is -0.385. The van der Waals surface area contributed by atoms with Gasteiger partial charge in [0.1, 0.15) is 10.5 Å². The number of carbonyl (C=O) groups excluding carboxylic acids is 1. The Labute approximate surface area is 93.6 Å². The van der Waals surface area contributed by atoms with E-state index in [4.69, 9.17) is 5.26 Å². The second-order valence-electron chi connectivity index (χ2n) is 2.75. The van der Waals surface area contributed by atoms with Crippen molar-refractivity contribution in [3.8, 4) is 6.07 Å². The average molecular weight is 269 g/mol. The van der Waals surface area contributed by atoms with Gasteiger partial charge in [-0.15, -0.1) is 0 Å². The molecule has 0 fully saturated rings. The first-order valence-electron chi connectivity index (χ1n) is 3.87. The fourth-order valence-electron chi connectivity index (χ4n) is 1.11. The Balaban J connectivity index is 3.55. The Morgan fingerprint density at radius 2 is 2.20 bits per heavy atom. The summed E-state index contributed by atoms with van der Waals surface area (Å²) in [6.45, 7) is 1.30. The molecule has 0 saturated carbocycles. The number of hydrogen-bond donors (Lipinski definition) is 0. The first kappa shape index (κ1) is 11.3. The van der Waals surface area contributed by atoms with Gasteiger partial charge in [-0.25, -0.2) is 0 Å². The molecule has 0 amide bonds.